The Bertz CT molecular complexity index is 864. The first-order chi connectivity index (χ1) is 13.6. The zero-order valence-corrected chi connectivity index (χ0v) is 17.6. The molecule has 0 aliphatic carbocycles. The van der Waals surface area contributed by atoms with E-state index >= 15 is 0 Å². The van der Waals surface area contributed by atoms with Crippen molar-refractivity contribution in [2.24, 2.45) is 5.92 Å². The third-order valence-electron chi connectivity index (χ3n) is 5.57. The molecule has 0 radical (unpaired) electrons. The molecule has 3 N–H and O–H groups in total. The zero-order chi connectivity index (χ0) is 19.5. The van der Waals surface area contributed by atoms with Crippen molar-refractivity contribution < 1.29 is 9.59 Å². The van der Waals surface area contributed by atoms with E-state index in [4.69, 9.17) is 11.6 Å². The molecule has 4 rings (SSSR count). The number of para-hydroxylation sites is 1. The van der Waals surface area contributed by atoms with Gasteiger partial charge in [0.05, 0.1) is 10.6 Å². The highest BCUT2D eigenvalue weighted by molar-refractivity contribution is 6.34. The number of fused-ring (bicyclic) bond motifs is 2. The minimum Gasteiger partial charge on any atom is -0.326 e. The van der Waals surface area contributed by atoms with Crippen LogP contribution in [0.2, 0.25) is 5.02 Å². The summed E-state index contributed by atoms with van der Waals surface area (Å²) in [7, 11) is 0. The van der Waals surface area contributed by atoms with Crippen LogP contribution in [0.4, 0.5) is 11.4 Å². The number of hydrogen-bond donors (Lipinski definition) is 3. The molecule has 2 aromatic rings. The summed E-state index contributed by atoms with van der Waals surface area (Å²) in [4.78, 5) is 25.1. The Kier molecular flexibility index (Phi) is 7.17. The largest absolute Gasteiger partial charge is 0.326 e. The van der Waals surface area contributed by atoms with Gasteiger partial charge in [0, 0.05) is 29.9 Å². The number of hydrogen-bond acceptors (Lipinski definition) is 3. The number of carbonyl (C=O) groups is 2. The van der Waals surface area contributed by atoms with Gasteiger partial charge < -0.3 is 16.0 Å². The molecule has 7 heteroatoms. The van der Waals surface area contributed by atoms with Crippen LogP contribution in [0.25, 0.3) is 0 Å². The normalized spacial score (nSPS) is 22.4. The molecule has 2 fully saturated rings. The van der Waals surface area contributed by atoms with Gasteiger partial charge >= 0.3 is 0 Å². The molecule has 154 valence electrons. The van der Waals surface area contributed by atoms with Crippen molar-refractivity contribution in [3.05, 3.63) is 59.1 Å². The van der Waals surface area contributed by atoms with Crippen LogP contribution >= 0.6 is 24.0 Å². The average Bonchev–Trinajstić information content (AvgIpc) is 3.02. The van der Waals surface area contributed by atoms with Crippen molar-refractivity contribution in [2.75, 3.05) is 10.6 Å². The number of piperidine rings is 1. The molecular formula is C22H25Cl2N3O2. The summed E-state index contributed by atoms with van der Waals surface area (Å²) in [6.45, 7) is 0. The van der Waals surface area contributed by atoms with Gasteiger partial charge in [0.1, 0.15) is 0 Å². The predicted molar refractivity (Wildman–Crippen MR) is 119 cm³/mol. The SMILES string of the molecule is Cl.O=C(CC1CC2CCC(C1)N2)Nc1ccc(Cl)c(C(=O)Nc2ccccc2)c1. The first-order valence-electron chi connectivity index (χ1n) is 9.78. The molecule has 2 amide bonds. The Morgan fingerprint density at radius 1 is 0.966 bits per heavy atom. The molecule has 2 aliphatic rings. The summed E-state index contributed by atoms with van der Waals surface area (Å²) in [6, 6.07) is 15.3. The maximum atomic E-state index is 12.6. The number of carbonyl (C=O) groups excluding carboxylic acids is 2. The number of amides is 2. The topological polar surface area (TPSA) is 70.2 Å². The van der Waals surface area contributed by atoms with Gasteiger partial charge in [-0.3, -0.25) is 9.59 Å². The smallest absolute Gasteiger partial charge is 0.257 e. The monoisotopic (exact) mass is 433 g/mol. The molecule has 0 spiro atoms. The predicted octanol–water partition coefficient (Wildman–Crippen LogP) is 4.87. The van der Waals surface area contributed by atoms with E-state index < -0.39 is 0 Å². The minimum absolute atomic E-state index is 0. The van der Waals surface area contributed by atoms with Gasteiger partial charge in [0.15, 0.2) is 0 Å². The molecule has 29 heavy (non-hydrogen) atoms. The second kappa shape index (κ2) is 9.61. The lowest BCUT2D eigenvalue weighted by molar-refractivity contribution is -0.117. The quantitative estimate of drug-likeness (QED) is 0.629. The molecule has 5 nitrogen and oxygen atoms in total. The van der Waals surface area contributed by atoms with E-state index in [2.05, 4.69) is 16.0 Å². The molecule has 0 aromatic heterocycles. The standard InChI is InChI=1S/C22H24ClN3O2.ClH/c23-20-9-8-18(13-19(20)22(28)26-15-4-2-1-3-5-15)25-21(27)12-14-10-16-6-7-17(11-14)24-16;/h1-5,8-9,13-14,16-17,24H,6-7,10-12H2,(H,25,27)(H,26,28);1H. The van der Waals surface area contributed by atoms with Gasteiger partial charge in [-0.05, 0) is 61.9 Å². The van der Waals surface area contributed by atoms with E-state index in [1.54, 1.807) is 18.2 Å². The highest BCUT2D eigenvalue weighted by Gasteiger charge is 2.34. The third-order valence-corrected chi connectivity index (χ3v) is 5.90. The van der Waals surface area contributed by atoms with E-state index in [9.17, 15) is 9.59 Å². The van der Waals surface area contributed by atoms with Gasteiger partial charge in [-0.25, -0.2) is 0 Å². The molecule has 2 aliphatic heterocycles. The number of nitrogens with one attached hydrogen (secondary N) is 3. The fraction of sp³-hybridized carbons (Fsp3) is 0.364. The van der Waals surface area contributed by atoms with Crippen molar-refractivity contribution in [3.8, 4) is 0 Å². The van der Waals surface area contributed by atoms with Crippen LogP contribution in [0.3, 0.4) is 0 Å². The average molecular weight is 434 g/mol. The van der Waals surface area contributed by atoms with E-state index in [1.165, 1.54) is 12.8 Å². The van der Waals surface area contributed by atoms with Crippen LogP contribution in [0.5, 0.6) is 0 Å². The summed E-state index contributed by atoms with van der Waals surface area (Å²) in [6.07, 6.45) is 5.09. The lowest BCUT2D eigenvalue weighted by Crippen LogP contribution is -2.39. The van der Waals surface area contributed by atoms with Crippen molar-refractivity contribution in [1.82, 2.24) is 5.32 Å². The van der Waals surface area contributed by atoms with Crippen LogP contribution in [0, 0.1) is 5.92 Å². The Morgan fingerprint density at radius 3 is 2.34 bits per heavy atom. The molecule has 2 unspecified atom stereocenters. The molecule has 2 saturated heterocycles. The van der Waals surface area contributed by atoms with Crippen LogP contribution in [0.15, 0.2) is 48.5 Å². The van der Waals surface area contributed by atoms with Gasteiger partial charge in [-0.2, -0.15) is 0 Å². The van der Waals surface area contributed by atoms with Gasteiger partial charge in [-0.1, -0.05) is 29.8 Å². The van der Waals surface area contributed by atoms with Crippen molar-refractivity contribution in [3.63, 3.8) is 0 Å². The number of benzene rings is 2. The molecule has 2 bridgehead atoms. The van der Waals surface area contributed by atoms with Gasteiger partial charge in [-0.15, -0.1) is 12.4 Å². The molecule has 0 saturated carbocycles. The van der Waals surface area contributed by atoms with Crippen LogP contribution in [-0.2, 0) is 4.79 Å². The van der Waals surface area contributed by atoms with Crippen LogP contribution in [0.1, 0.15) is 42.5 Å². The molecule has 2 atom stereocenters. The fourth-order valence-corrected chi connectivity index (χ4v) is 4.52. The highest BCUT2D eigenvalue weighted by Crippen LogP contribution is 2.33. The lowest BCUT2D eigenvalue weighted by Gasteiger charge is -2.28. The van der Waals surface area contributed by atoms with Crippen molar-refractivity contribution >= 4 is 47.2 Å². The number of halogens is 2. The maximum absolute atomic E-state index is 12.6. The first-order valence-corrected chi connectivity index (χ1v) is 10.2. The Hall–Kier alpha value is -2.08. The lowest BCUT2D eigenvalue weighted by atomic mass is 9.89. The van der Waals surface area contributed by atoms with E-state index in [0.717, 1.165) is 12.8 Å². The van der Waals surface area contributed by atoms with E-state index in [1.807, 2.05) is 30.3 Å². The maximum Gasteiger partial charge on any atom is 0.257 e. The molecule has 2 heterocycles. The van der Waals surface area contributed by atoms with Gasteiger partial charge in [0.2, 0.25) is 5.91 Å². The van der Waals surface area contributed by atoms with E-state index in [0.29, 0.717) is 46.4 Å². The minimum atomic E-state index is -0.303. The second-order valence-electron chi connectivity index (χ2n) is 7.74. The number of rotatable bonds is 5. The Balaban J connectivity index is 0.00000240. The summed E-state index contributed by atoms with van der Waals surface area (Å²) >= 11 is 6.21. The Labute approximate surface area is 182 Å². The van der Waals surface area contributed by atoms with Crippen LogP contribution in [-0.4, -0.2) is 23.9 Å². The third kappa shape index (κ3) is 5.50. The van der Waals surface area contributed by atoms with Crippen molar-refractivity contribution in [1.29, 1.82) is 0 Å². The highest BCUT2D eigenvalue weighted by atomic mass is 35.5. The second-order valence-corrected chi connectivity index (χ2v) is 8.15. The summed E-state index contributed by atoms with van der Waals surface area (Å²) in [5.74, 6) is 0.108. The molecule has 2 aromatic carbocycles. The summed E-state index contributed by atoms with van der Waals surface area (Å²) in [5, 5.41) is 9.69. The summed E-state index contributed by atoms with van der Waals surface area (Å²) in [5.41, 5.74) is 1.62. The summed E-state index contributed by atoms with van der Waals surface area (Å²) < 4.78 is 0. The first kappa shape index (κ1) is 21.6. The van der Waals surface area contributed by atoms with Gasteiger partial charge in [0.25, 0.3) is 5.91 Å². The number of anilines is 2. The fourth-order valence-electron chi connectivity index (χ4n) is 4.31. The van der Waals surface area contributed by atoms with Crippen LogP contribution < -0.4 is 16.0 Å². The van der Waals surface area contributed by atoms with E-state index in [-0.39, 0.29) is 24.2 Å². The Morgan fingerprint density at radius 2 is 1.66 bits per heavy atom. The molecular weight excluding hydrogens is 409 g/mol. The van der Waals surface area contributed by atoms with Crippen molar-refractivity contribution in [2.45, 2.75) is 44.2 Å². The zero-order valence-electron chi connectivity index (χ0n) is 16.0.